The lowest BCUT2D eigenvalue weighted by molar-refractivity contribution is 0.0974. The third-order valence-corrected chi connectivity index (χ3v) is 7.09. The normalized spacial score (nSPS) is 16.5. The van der Waals surface area contributed by atoms with E-state index >= 15 is 0 Å². The summed E-state index contributed by atoms with van der Waals surface area (Å²) in [6, 6.07) is 26.4. The van der Waals surface area contributed by atoms with Gasteiger partial charge in [-0.2, -0.15) is 5.26 Å². The molecule has 4 N–H and O–H groups in total. The van der Waals surface area contributed by atoms with Crippen LogP contribution >= 0.6 is 0 Å². The van der Waals surface area contributed by atoms with E-state index in [2.05, 4.69) is 21.7 Å². The molecule has 3 amide bonds. The van der Waals surface area contributed by atoms with Gasteiger partial charge in [0.25, 0.3) is 5.91 Å². The van der Waals surface area contributed by atoms with Crippen LogP contribution in [0.15, 0.2) is 89.5 Å². The Labute approximate surface area is 232 Å². The number of nitrogens with one attached hydrogen (secondary N) is 2. The number of nitrogens with zero attached hydrogens (tertiary/aromatic N) is 3. The number of nitrogens with two attached hydrogens (primary N) is 1. The van der Waals surface area contributed by atoms with Crippen molar-refractivity contribution >= 4 is 23.4 Å². The van der Waals surface area contributed by atoms with Gasteiger partial charge in [0.15, 0.2) is 5.76 Å². The summed E-state index contributed by atoms with van der Waals surface area (Å²) in [5, 5.41) is 15.5. The zero-order valence-electron chi connectivity index (χ0n) is 21.9. The van der Waals surface area contributed by atoms with Crippen molar-refractivity contribution in [3.8, 4) is 17.4 Å². The third kappa shape index (κ3) is 6.30. The van der Waals surface area contributed by atoms with Gasteiger partial charge in [0.2, 0.25) is 0 Å². The van der Waals surface area contributed by atoms with Crippen molar-refractivity contribution in [2.24, 2.45) is 5.73 Å². The number of benzene rings is 2. The monoisotopic (exact) mass is 534 g/mol. The summed E-state index contributed by atoms with van der Waals surface area (Å²) in [5.41, 5.74) is 8.43. The molecule has 0 atom stereocenters. The minimum atomic E-state index is -0.621. The molecular formula is C31H30N6O3. The first kappa shape index (κ1) is 26.5. The predicted octanol–water partition coefficient (Wildman–Crippen LogP) is 5.45. The maximum absolute atomic E-state index is 13.6. The zero-order valence-corrected chi connectivity index (χ0v) is 21.9. The molecule has 202 valence electrons. The Morgan fingerprint density at radius 1 is 0.975 bits per heavy atom. The molecule has 9 nitrogen and oxygen atoms in total. The van der Waals surface area contributed by atoms with Gasteiger partial charge in [0.1, 0.15) is 17.6 Å². The minimum Gasteiger partial charge on any atom is -0.451 e. The van der Waals surface area contributed by atoms with E-state index in [1.54, 1.807) is 24.4 Å². The van der Waals surface area contributed by atoms with Gasteiger partial charge in [-0.25, -0.2) is 9.78 Å². The maximum atomic E-state index is 13.6. The summed E-state index contributed by atoms with van der Waals surface area (Å²) in [6.07, 6.45) is 4.93. The number of hydrogen-bond donors (Lipinski definition) is 3. The van der Waals surface area contributed by atoms with E-state index in [1.807, 2.05) is 65.6 Å². The first-order valence-electron chi connectivity index (χ1n) is 13.2. The minimum absolute atomic E-state index is 0.0127. The van der Waals surface area contributed by atoms with Crippen LogP contribution in [0.3, 0.4) is 0 Å². The second-order valence-electron chi connectivity index (χ2n) is 9.78. The molecule has 2 heterocycles. The van der Waals surface area contributed by atoms with Crippen molar-refractivity contribution in [1.29, 1.82) is 5.26 Å². The lowest BCUT2D eigenvalue weighted by Gasteiger charge is -2.37. The summed E-state index contributed by atoms with van der Waals surface area (Å²) in [7, 11) is 0. The summed E-state index contributed by atoms with van der Waals surface area (Å²) in [6.45, 7) is 0.428. The first-order chi connectivity index (χ1) is 19.5. The number of hydrogen-bond acceptors (Lipinski definition) is 6. The number of amides is 3. The molecule has 5 rings (SSSR count). The number of carbonyl (C=O) groups excluding carboxylic acids is 2. The molecule has 9 heteroatoms. The highest BCUT2D eigenvalue weighted by molar-refractivity contribution is 5.93. The van der Waals surface area contributed by atoms with Crippen molar-refractivity contribution in [2.45, 2.75) is 44.3 Å². The van der Waals surface area contributed by atoms with Crippen LogP contribution in [0.1, 0.15) is 47.4 Å². The lowest BCUT2D eigenvalue weighted by Crippen LogP contribution is -2.48. The Hall–Kier alpha value is -5.10. The molecule has 2 aromatic heterocycles. The van der Waals surface area contributed by atoms with Crippen LogP contribution in [0.5, 0.6) is 0 Å². The molecule has 2 aromatic carbocycles. The quantitative estimate of drug-likeness (QED) is 0.275. The number of rotatable bonds is 8. The van der Waals surface area contributed by atoms with E-state index < -0.39 is 5.91 Å². The van der Waals surface area contributed by atoms with Gasteiger partial charge in [-0.3, -0.25) is 9.69 Å². The molecule has 0 spiro atoms. The Bertz CT molecular complexity index is 1480. The standard InChI is InChI=1S/C31H30N6O3/c32-18-22-6-17-29(34-20-22)36-24-9-13-26(14-10-24)37(31(39)35-19-21-4-2-1-3-5-21)25-11-7-23(8-12-25)27-15-16-28(40-27)30(33)38/h1-8,11-12,15-17,20,24,26H,9-10,13-14,19H2,(H2,33,38)(H,34,36)(H,35,39). The second kappa shape index (κ2) is 12.2. The molecule has 1 aliphatic carbocycles. The summed E-state index contributed by atoms with van der Waals surface area (Å²) < 4.78 is 5.56. The van der Waals surface area contributed by atoms with Crippen LogP contribution in [0.25, 0.3) is 11.3 Å². The molecule has 0 radical (unpaired) electrons. The van der Waals surface area contributed by atoms with Crippen molar-refractivity contribution in [2.75, 3.05) is 10.2 Å². The predicted molar refractivity (Wildman–Crippen MR) is 152 cm³/mol. The fraction of sp³-hybridized carbons (Fsp3) is 0.226. The van der Waals surface area contributed by atoms with Gasteiger partial charge in [0, 0.05) is 36.1 Å². The van der Waals surface area contributed by atoms with E-state index in [9.17, 15) is 9.59 Å². The Morgan fingerprint density at radius 3 is 2.35 bits per heavy atom. The number of primary amides is 1. The first-order valence-corrected chi connectivity index (χ1v) is 13.2. The molecule has 40 heavy (non-hydrogen) atoms. The van der Waals surface area contributed by atoms with Crippen LogP contribution in [0.2, 0.25) is 0 Å². The smallest absolute Gasteiger partial charge is 0.322 e. The van der Waals surface area contributed by atoms with Crippen LogP contribution in [-0.4, -0.2) is 29.0 Å². The fourth-order valence-electron chi connectivity index (χ4n) is 5.00. The Morgan fingerprint density at radius 2 is 1.73 bits per heavy atom. The molecule has 1 aliphatic rings. The van der Waals surface area contributed by atoms with Crippen molar-refractivity contribution < 1.29 is 14.0 Å². The van der Waals surface area contributed by atoms with Crippen LogP contribution in [-0.2, 0) is 6.54 Å². The second-order valence-corrected chi connectivity index (χ2v) is 9.78. The van der Waals surface area contributed by atoms with Crippen LogP contribution in [0, 0.1) is 11.3 Å². The molecule has 4 aromatic rings. The van der Waals surface area contributed by atoms with Crippen molar-refractivity contribution in [3.05, 3.63) is 102 Å². The Kier molecular flexibility index (Phi) is 8.07. The molecule has 0 bridgehead atoms. The van der Waals surface area contributed by atoms with Gasteiger partial charge in [-0.15, -0.1) is 0 Å². The third-order valence-electron chi connectivity index (χ3n) is 7.09. The molecule has 0 unspecified atom stereocenters. The topological polar surface area (TPSA) is 137 Å². The summed E-state index contributed by atoms with van der Waals surface area (Å²) in [4.78, 5) is 31.2. The number of carbonyl (C=O) groups is 2. The van der Waals surface area contributed by atoms with E-state index in [1.165, 1.54) is 0 Å². The highest BCUT2D eigenvalue weighted by Crippen LogP contribution is 2.31. The highest BCUT2D eigenvalue weighted by Gasteiger charge is 2.30. The van der Waals surface area contributed by atoms with Gasteiger partial charge >= 0.3 is 6.03 Å². The molecular weight excluding hydrogens is 504 g/mol. The number of furan rings is 1. The number of nitriles is 1. The molecule has 1 fully saturated rings. The number of pyridine rings is 1. The number of urea groups is 1. The van der Waals surface area contributed by atoms with Gasteiger partial charge < -0.3 is 20.8 Å². The van der Waals surface area contributed by atoms with E-state index in [4.69, 9.17) is 15.4 Å². The summed E-state index contributed by atoms with van der Waals surface area (Å²) in [5.74, 6) is 0.753. The van der Waals surface area contributed by atoms with E-state index in [0.717, 1.165) is 48.3 Å². The van der Waals surface area contributed by atoms with Crippen molar-refractivity contribution in [1.82, 2.24) is 10.3 Å². The lowest BCUT2D eigenvalue weighted by atomic mass is 9.89. The molecule has 0 aliphatic heterocycles. The van der Waals surface area contributed by atoms with Crippen LogP contribution in [0.4, 0.5) is 16.3 Å². The SMILES string of the molecule is N#Cc1ccc(NC2CCC(N(C(=O)NCc3ccccc3)c3ccc(-c4ccc(C(N)=O)o4)cc3)CC2)nc1. The summed E-state index contributed by atoms with van der Waals surface area (Å²) >= 11 is 0. The Balaban J connectivity index is 1.30. The maximum Gasteiger partial charge on any atom is 0.322 e. The van der Waals surface area contributed by atoms with E-state index in [0.29, 0.717) is 17.9 Å². The van der Waals surface area contributed by atoms with E-state index in [-0.39, 0.29) is 23.9 Å². The van der Waals surface area contributed by atoms with Crippen molar-refractivity contribution in [3.63, 3.8) is 0 Å². The number of aromatic nitrogens is 1. The zero-order chi connectivity index (χ0) is 27.9. The molecule has 1 saturated carbocycles. The largest absolute Gasteiger partial charge is 0.451 e. The average Bonchev–Trinajstić information content (AvgIpc) is 3.49. The van der Waals surface area contributed by atoms with Crippen LogP contribution < -0.4 is 21.3 Å². The van der Waals surface area contributed by atoms with Gasteiger partial charge in [0.05, 0.1) is 5.56 Å². The number of anilines is 2. The average molecular weight is 535 g/mol. The highest BCUT2D eigenvalue weighted by atomic mass is 16.3. The molecule has 0 saturated heterocycles. The van der Waals surface area contributed by atoms with Gasteiger partial charge in [-0.05, 0) is 79.8 Å². The fourth-order valence-corrected chi connectivity index (χ4v) is 5.00. The van der Waals surface area contributed by atoms with Gasteiger partial charge in [-0.1, -0.05) is 30.3 Å².